The van der Waals surface area contributed by atoms with Crippen molar-refractivity contribution in [2.24, 2.45) is 0 Å². The predicted molar refractivity (Wildman–Crippen MR) is 121 cm³/mol. The number of hydrogen-bond donors (Lipinski definition) is 0. The molecule has 0 saturated carbocycles. The number of sulfonamides is 1. The molecule has 0 bridgehead atoms. The van der Waals surface area contributed by atoms with Crippen LogP contribution in [-0.2, 0) is 21.3 Å². The molecule has 0 aliphatic carbocycles. The van der Waals surface area contributed by atoms with Gasteiger partial charge in [0.2, 0.25) is 10.0 Å². The smallest absolute Gasteiger partial charge is 0.348 e. The van der Waals surface area contributed by atoms with E-state index in [1.54, 1.807) is 30.4 Å². The Balaban J connectivity index is 1.50. The van der Waals surface area contributed by atoms with Crippen LogP contribution in [0.25, 0.3) is 9.40 Å². The molecule has 1 saturated heterocycles. The summed E-state index contributed by atoms with van der Waals surface area (Å²) in [4.78, 5) is 15.3. The molecule has 0 unspecified atom stereocenters. The maximum Gasteiger partial charge on any atom is 0.348 e. The van der Waals surface area contributed by atoms with Crippen molar-refractivity contribution < 1.29 is 17.9 Å². The van der Waals surface area contributed by atoms with Crippen LogP contribution in [0, 0.1) is 11.3 Å². The molecule has 2 aromatic heterocycles. The monoisotopic (exact) mass is 475 g/mol. The average Bonchev–Trinajstić information content (AvgIpc) is 3.37. The van der Waals surface area contributed by atoms with Crippen molar-refractivity contribution >= 4 is 48.1 Å². The second-order valence-electron chi connectivity index (χ2n) is 7.03. The van der Waals surface area contributed by atoms with Gasteiger partial charge in [0, 0.05) is 43.0 Å². The number of esters is 1. The summed E-state index contributed by atoms with van der Waals surface area (Å²) in [6.07, 6.45) is 0. The lowest BCUT2D eigenvalue weighted by Crippen LogP contribution is -2.48. The highest BCUT2D eigenvalue weighted by Crippen LogP contribution is 2.37. The number of carbonyl (C=O) groups excluding carboxylic acids is 1. The zero-order valence-corrected chi connectivity index (χ0v) is 19.4. The number of carbonyl (C=O) groups is 1. The summed E-state index contributed by atoms with van der Waals surface area (Å²) in [5.74, 6) is -0.305. The largest absolute Gasteiger partial charge is 0.462 e. The first kappa shape index (κ1) is 21.9. The quantitative estimate of drug-likeness (QED) is 0.507. The SMILES string of the molecule is CCOC(=O)c1sc2ccsc2c1CN1CCN(S(=O)(=O)c2ccccc2C#N)CC1. The van der Waals surface area contributed by atoms with Gasteiger partial charge in [-0.3, -0.25) is 4.90 Å². The lowest BCUT2D eigenvalue weighted by atomic mass is 10.2. The van der Waals surface area contributed by atoms with Crippen LogP contribution >= 0.6 is 22.7 Å². The first-order valence-electron chi connectivity index (χ1n) is 9.83. The second-order valence-corrected chi connectivity index (χ2v) is 10.9. The Kier molecular flexibility index (Phi) is 6.41. The summed E-state index contributed by atoms with van der Waals surface area (Å²) in [6.45, 7) is 4.42. The molecule has 0 amide bonds. The molecule has 3 heterocycles. The Hall–Kier alpha value is -2.29. The van der Waals surface area contributed by atoms with E-state index in [0.717, 1.165) is 15.0 Å². The van der Waals surface area contributed by atoms with Gasteiger partial charge >= 0.3 is 5.97 Å². The van der Waals surface area contributed by atoms with E-state index >= 15 is 0 Å². The van der Waals surface area contributed by atoms with E-state index in [0.29, 0.717) is 44.2 Å². The summed E-state index contributed by atoms with van der Waals surface area (Å²) in [6, 6.07) is 10.2. The van der Waals surface area contributed by atoms with E-state index in [2.05, 4.69) is 4.90 Å². The molecular formula is C21H21N3O4S3. The molecule has 1 aliphatic rings. The highest BCUT2D eigenvalue weighted by molar-refractivity contribution is 7.89. The number of fused-ring (bicyclic) bond motifs is 1. The minimum Gasteiger partial charge on any atom is -0.462 e. The standard InChI is InChI=1S/C21H21N3O4S3/c1-2-28-21(25)20-16(19-17(30-20)7-12-29-19)14-23-8-10-24(11-9-23)31(26,27)18-6-4-3-5-15(18)13-22/h3-7,12H,2,8-11,14H2,1H3. The summed E-state index contributed by atoms with van der Waals surface area (Å²) in [5, 5.41) is 11.3. The average molecular weight is 476 g/mol. The number of benzene rings is 1. The molecule has 0 atom stereocenters. The van der Waals surface area contributed by atoms with E-state index in [4.69, 9.17) is 4.74 Å². The fraction of sp³-hybridized carbons (Fsp3) is 0.333. The first-order valence-corrected chi connectivity index (χ1v) is 13.0. The van der Waals surface area contributed by atoms with Crippen LogP contribution in [0.2, 0.25) is 0 Å². The van der Waals surface area contributed by atoms with Gasteiger partial charge in [-0.2, -0.15) is 9.57 Å². The molecule has 0 spiro atoms. The van der Waals surface area contributed by atoms with Crippen LogP contribution in [0.5, 0.6) is 0 Å². The molecule has 7 nitrogen and oxygen atoms in total. The highest BCUT2D eigenvalue weighted by Gasteiger charge is 2.31. The Morgan fingerprint density at radius 3 is 2.65 bits per heavy atom. The lowest BCUT2D eigenvalue weighted by molar-refractivity contribution is 0.0529. The first-order chi connectivity index (χ1) is 15.0. The van der Waals surface area contributed by atoms with E-state index in [-0.39, 0.29) is 16.4 Å². The fourth-order valence-corrected chi connectivity index (χ4v) is 7.47. The minimum atomic E-state index is -3.73. The molecule has 1 aromatic carbocycles. The van der Waals surface area contributed by atoms with Crippen molar-refractivity contribution in [1.29, 1.82) is 5.26 Å². The van der Waals surface area contributed by atoms with Gasteiger partial charge in [-0.05, 0) is 30.5 Å². The van der Waals surface area contributed by atoms with Crippen LogP contribution in [0.4, 0.5) is 0 Å². The third-order valence-electron chi connectivity index (χ3n) is 5.19. The van der Waals surface area contributed by atoms with Gasteiger partial charge in [-0.25, -0.2) is 13.2 Å². The van der Waals surface area contributed by atoms with E-state index in [9.17, 15) is 18.5 Å². The van der Waals surface area contributed by atoms with Crippen LogP contribution in [0.3, 0.4) is 0 Å². The Morgan fingerprint density at radius 1 is 1.19 bits per heavy atom. The van der Waals surface area contributed by atoms with E-state index in [1.165, 1.54) is 27.8 Å². The molecule has 0 N–H and O–H groups in total. The van der Waals surface area contributed by atoms with Crippen LogP contribution in [-0.4, -0.2) is 56.4 Å². The number of nitrogens with zero attached hydrogens (tertiary/aromatic N) is 3. The Labute approximate surface area is 189 Å². The normalized spacial score (nSPS) is 15.7. The van der Waals surface area contributed by atoms with Crippen molar-refractivity contribution in [2.45, 2.75) is 18.4 Å². The van der Waals surface area contributed by atoms with E-state index in [1.807, 2.05) is 17.5 Å². The number of rotatable bonds is 6. The summed E-state index contributed by atoms with van der Waals surface area (Å²) >= 11 is 3.05. The number of thiophene rings is 2. The maximum atomic E-state index is 13.0. The molecule has 1 aliphatic heterocycles. The Morgan fingerprint density at radius 2 is 1.94 bits per heavy atom. The van der Waals surface area contributed by atoms with Crippen molar-refractivity contribution in [3.63, 3.8) is 0 Å². The van der Waals surface area contributed by atoms with Crippen LogP contribution in [0.1, 0.15) is 27.7 Å². The lowest BCUT2D eigenvalue weighted by Gasteiger charge is -2.34. The number of nitriles is 1. The van der Waals surface area contributed by atoms with Crippen molar-refractivity contribution in [3.05, 3.63) is 51.7 Å². The van der Waals surface area contributed by atoms with Crippen LogP contribution in [0.15, 0.2) is 40.6 Å². The molecular weight excluding hydrogens is 454 g/mol. The molecule has 31 heavy (non-hydrogen) atoms. The number of ether oxygens (including phenoxy) is 1. The molecule has 3 aromatic rings. The van der Waals surface area contributed by atoms with Gasteiger partial charge in [0.1, 0.15) is 10.9 Å². The zero-order chi connectivity index (χ0) is 22.0. The second kappa shape index (κ2) is 9.06. The molecule has 0 radical (unpaired) electrons. The number of piperazine rings is 1. The topological polar surface area (TPSA) is 90.7 Å². The molecule has 10 heteroatoms. The van der Waals surface area contributed by atoms with Crippen molar-refractivity contribution in [2.75, 3.05) is 32.8 Å². The highest BCUT2D eigenvalue weighted by atomic mass is 32.2. The van der Waals surface area contributed by atoms with Crippen molar-refractivity contribution in [1.82, 2.24) is 9.21 Å². The van der Waals surface area contributed by atoms with Gasteiger partial charge in [0.05, 0.1) is 21.8 Å². The minimum absolute atomic E-state index is 0.0497. The summed E-state index contributed by atoms with van der Waals surface area (Å²) in [5.41, 5.74) is 1.11. The zero-order valence-electron chi connectivity index (χ0n) is 16.9. The van der Waals surface area contributed by atoms with Gasteiger partial charge in [-0.15, -0.1) is 22.7 Å². The van der Waals surface area contributed by atoms with Gasteiger partial charge in [0.15, 0.2) is 0 Å². The fourth-order valence-electron chi connectivity index (χ4n) is 3.65. The predicted octanol–water partition coefficient (Wildman–Crippen LogP) is 3.52. The third-order valence-corrected chi connectivity index (χ3v) is 9.43. The summed E-state index contributed by atoms with van der Waals surface area (Å²) in [7, 11) is -3.73. The Bertz CT molecular complexity index is 1250. The third kappa shape index (κ3) is 4.24. The number of hydrogen-bond acceptors (Lipinski definition) is 8. The molecule has 4 rings (SSSR count). The summed E-state index contributed by atoms with van der Waals surface area (Å²) < 4.78 is 34.9. The van der Waals surface area contributed by atoms with Crippen molar-refractivity contribution in [3.8, 4) is 6.07 Å². The van der Waals surface area contributed by atoms with Gasteiger partial charge in [-0.1, -0.05) is 12.1 Å². The molecule has 162 valence electrons. The van der Waals surface area contributed by atoms with Crippen LogP contribution < -0.4 is 0 Å². The van der Waals surface area contributed by atoms with E-state index < -0.39 is 10.0 Å². The van der Waals surface area contributed by atoms with Gasteiger partial charge in [0.25, 0.3) is 0 Å². The molecule has 1 fully saturated rings. The van der Waals surface area contributed by atoms with Gasteiger partial charge < -0.3 is 4.74 Å². The maximum absolute atomic E-state index is 13.0.